The van der Waals surface area contributed by atoms with Crippen LogP contribution in [0.25, 0.3) is 0 Å². The van der Waals surface area contributed by atoms with Gasteiger partial charge in [0, 0.05) is 17.8 Å². The number of aromatic nitrogens is 2. The molecule has 0 radical (unpaired) electrons. The Morgan fingerprint density at radius 3 is 2.58 bits per heavy atom. The van der Waals surface area contributed by atoms with Crippen molar-refractivity contribution >= 4 is 17.4 Å². The molecular weight excluding hydrogens is 332 g/mol. The average Bonchev–Trinajstić information content (AvgIpc) is 2.69. The van der Waals surface area contributed by atoms with Gasteiger partial charge in [0.25, 0.3) is 5.91 Å². The molecule has 26 heavy (non-hydrogen) atoms. The summed E-state index contributed by atoms with van der Waals surface area (Å²) < 4.78 is 11.0. The predicted molar refractivity (Wildman–Crippen MR) is 97.9 cm³/mol. The Morgan fingerprint density at radius 1 is 1.00 bits per heavy atom. The third-order valence-corrected chi connectivity index (χ3v) is 4.64. The van der Waals surface area contributed by atoms with Crippen LogP contribution in [-0.2, 0) is 0 Å². The van der Waals surface area contributed by atoms with Crippen molar-refractivity contribution in [1.29, 1.82) is 0 Å². The Balaban J connectivity index is 1.38. The molecule has 2 N–H and O–H groups in total. The van der Waals surface area contributed by atoms with E-state index in [1.54, 1.807) is 24.4 Å². The number of fused-ring (bicyclic) bond motifs is 1. The van der Waals surface area contributed by atoms with Crippen LogP contribution in [0.15, 0.2) is 30.6 Å². The first-order chi connectivity index (χ1) is 12.8. The second-order valence-corrected chi connectivity index (χ2v) is 6.58. The summed E-state index contributed by atoms with van der Waals surface area (Å²) >= 11 is 0. The summed E-state index contributed by atoms with van der Waals surface area (Å²) in [5, 5.41) is 6.21. The summed E-state index contributed by atoms with van der Waals surface area (Å²) in [5.74, 6) is 1.73. The maximum Gasteiger partial charge on any atom is 0.275 e. The van der Waals surface area contributed by atoms with Gasteiger partial charge in [-0.25, -0.2) is 9.97 Å². The fourth-order valence-electron chi connectivity index (χ4n) is 3.29. The summed E-state index contributed by atoms with van der Waals surface area (Å²) in [6, 6.07) is 5.76. The van der Waals surface area contributed by atoms with Crippen LogP contribution in [0.4, 0.5) is 11.5 Å². The van der Waals surface area contributed by atoms with Gasteiger partial charge in [0.05, 0.1) is 12.4 Å². The van der Waals surface area contributed by atoms with Crippen LogP contribution in [0.5, 0.6) is 11.5 Å². The zero-order chi connectivity index (χ0) is 17.8. The molecule has 0 spiro atoms. The highest BCUT2D eigenvalue weighted by molar-refractivity contribution is 6.02. The quantitative estimate of drug-likeness (QED) is 0.877. The minimum absolute atomic E-state index is 0.272. The Labute approximate surface area is 152 Å². The number of hydrogen-bond donors (Lipinski definition) is 2. The summed E-state index contributed by atoms with van der Waals surface area (Å²) in [6.45, 7) is 1.04. The minimum atomic E-state index is -0.307. The third kappa shape index (κ3) is 3.87. The number of anilines is 2. The average molecular weight is 354 g/mol. The van der Waals surface area contributed by atoms with Crippen LogP contribution < -0.4 is 20.1 Å². The topological polar surface area (TPSA) is 85.4 Å². The molecule has 1 aliphatic heterocycles. The van der Waals surface area contributed by atoms with Gasteiger partial charge < -0.3 is 20.1 Å². The highest BCUT2D eigenvalue weighted by Crippen LogP contribution is 2.32. The Bertz CT molecular complexity index is 773. The lowest BCUT2D eigenvalue weighted by molar-refractivity contribution is 0.102. The molecule has 1 fully saturated rings. The van der Waals surface area contributed by atoms with E-state index < -0.39 is 0 Å². The van der Waals surface area contributed by atoms with Gasteiger partial charge in [-0.2, -0.15) is 0 Å². The molecular formula is C19H22N4O3. The van der Waals surface area contributed by atoms with Crippen molar-refractivity contribution in [2.75, 3.05) is 23.8 Å². The first-order valence-electron chi connectivity index (χ1n) is 9.07. The zero-order valence-corrected chi connectivity index (χ0v) is 14.5. The zero-order valence-electron chi connectivity index (χ0n) is 14.5. The van der Waals surface area contributed by atoms with Gasteiger partial charge >= 0.3 is 0 Å². The number of ether oxygens (including phenoxy) is 2. The lowest BCUT2D eigenvalue weighted by Gasteiger charge is -2.23. The maximum absolute atomic E-state index is 12.4. The van der Waals surface area contributed by atoms with Gasteiger partial charge in [0.2, 0.25) is 0 Å². The molecule has 2 aromatic rings. The van der Waals surface area contributed by atoms with Gasteiger partial charge in [-0.05, 0) is 25.0 Å². The van der Waals surface area contributed by atoms with Crippen LogP contribution in [0.3, 0.4) is 0 Å². The number of carbonyl (C=O) groups is 1. The van der Waals surface area contributed by atoms with Crippen molar-refractivity contribution in [3.63, 3.8) is 0 Å². The number of amides is 1. The first kappa shape index (κ1) is 16.6. The third-order valence-electron chi connectivity index (χ3n) is 4.64. The minimum Gasteiger partial charge on any atom is -0.486 e. The largest absolute Gasteiger partial charge is 0.486 e. The van der Waals surface area contributed by atoms with Gasteiger partial charge in [-0.1, -0.05) is 19.3 Å². The molecule has 0 saturated heterocycles. The van der Waals surface area contributed by atoms with Crippen molar-refractivity contribution in [1.82, 2.24) is 9.97 Å². The van der Waals surface area contributed by atoms with E-state index >= 15 is 0 Å². The molecule has 7 heteroatoms. The smallest absolute Gasteiger partial charge is 0.275 e. The van der Waals surface area contributed by atoms with E-state index in [9.17, 15) is 4.79 Å². The number of nitrogens with one attached hydrogen (secondary N) is 2. The van der Waals surface area contributed by atoms with Crippen molar-refractivity contribution in [2.24, 2.45) is 0 Å². The molecule has 1 aliphatic carbocycles. The molecule has 2 heterocycles. The summed E-state index contributed by atoms with van der Waals surface area (Å²) in [4.78, 5) is 20.9. The summed E-state index contributed by atoms with van der Waals surface area (Å²) in [5.41, 5.74) is 0.902. The number of carbonyl (C=O) groups excluding carboxylic acids is 1. The molecule has 1 aromatic carbocycles. The second-order valence-electron chi connectivity index (χ2n) is 6.58. The Kier molecular flexibility index (Phi) is 4.86. The lowest BCUT2D eigenvalue weighted by Crippen LogP contribution is -2.23. The van der Waals surface area contributed by atoms with E-state index in [1.807, 2.05) is 0 Å². The molecule has 0 bridgehead atoms. The van der Waals surface area contributed by atoms with Crippen LogP contribution in [0, 0.1) is 0 Å². The monoisotopic (exact) mass is 354 g/mol. The number of rotatable bonds is 4. The van der Waals surface area contributed by atoms with Crippen LogP contribution >= 0.6 is 0 Å². The molecule has 4 rings (SSSR count). The fourth-order valence-corrected chi connectivity index (χ4v) is 3.29. The predicted octanol–water partition coefficient (Wildman–Crippen LogP) is 3.24. The Morgan fingerprint density at radius 2 is 1.81 bits per heavy atom. The van der Waals surface area contributed by atoms with Gasteiger partial charge in [-0.15, -0.1) is 0 Å². The SMILES string of the molecule is O=C(Nc1ccc2c(c1)OCCO2)c1cnc(NC2CCCCC2)cn1. The van der Waals surface area contributed by atoms with Crippen LogP contribution in [-0.4, -0.2) is 35.1 Å². The molecule has 1 amide bonds. The maximum atomic E-state index is 12.4. The standard InChI is InChI=1S/C19H22N4O3/c24-19(23-14-6-7-16-17(10-14)26-9-8-25-16)15-11-21-18(12-20-15)22-13-4-2-1-3-5-13/h6-7,10-13H,1-5,8-9H2,(H,21,22)(H,23,24). The van der Waals surface area contributed by atoms with Crippen molar-refractivity contribution in [2.45, 2.75) is 38.1 Å². The van der Waals surface area contributed by atoms with Crippen molar-refractivity contribution < 1.29 is 14.3 Å². The first-order valence-corrected chi connectivity index (χ1v) is 9.07. The number of nitrogens with zero attached hydrogens (tertiary/aromatic N) is 2. The lowest BCUT2D eigenvalue weighted by atomic mass is 9.96. The molecule has 7 nitrogen and oxygen atoms in total. The molecule has 2 aliphatic rings. The van der Waals surface area contributed by atoms with E-state index in [-0.39, 0.29) is 11.6 Å². The molecule has 136 valence electrons. The fraction of sp³-hybridized carbons (Fsp3) is 0.421. The van der Waals surface area contributed by atoms with Gasteiger partial charge in [0.1, 0.15) is 24.7 Å². The molecule has 1 saturated carbocycles. The van der Waals surface area contributed by atoms with E-state index in [0.29, 0.717) is 42.3 Å². The van der Waals surface area contributed by atoms with E-state index in [1.165, 1.54) is 25.5 Å². The highest BCUT2D eigenvalue weighted by Gasteiger charge is 2.16. The molecule has 0 unspecified atom stereocenters. The summed E-state index contributed by atoms with van der Waals surface area (Å²) in [7, 11) is 0. The van der Waals surface area contributed by atoms with E-state index in [0.717, 1.165) is 12.8 Å². The van der Waals surface area contributed by atoms with Gasteiger partial charge in [-0.3, -0.25) is 4.79 Å². The molecule has 0 atom stereocenters. The second kappa shape index (κ2) is 7.59. The Hall–Kier alpha value is -2.83. The van der Waals surface area contributed by atoms with E-state index in [2.05, 4.69) is 20.6 Å². The summed E-state index contributed by atoms with van der Waals surface area (Å²) in [6.07, 6.45) is 9.25. The number of benzene rings is 1. The van der Waals surface area contributed by atoms with Gasteiger partial charge in [0.15, 0.2) is 11.5 Å². The van der Waals surface area contributed by atoms with Crippen molar-refractivity contribution in [3.8, 4) is 11.5 Å². The number of hydrogen-bond acceptors (Lipinski definition) is 6. The molecule has 1 aromatic heterocycles. The van der Waals surface area contributed by atoms with Crippen LogP contribution in [0.2, 0.25) is 0 Å². The van der Waals surface area contributed by atoms with Crippen LogP contribution in [0.1, 0.15) is 42.6 Å². The highest BCUT2D eigenvalue weighted by atomic mass is 16.6. The van der Waals surface area contributed by atoms with Crippen molar-refractivity contribution in [3.05, 3.63) is 36.3 Å². The van der Waals surface area contributed by atoms with E-state index in [4.69, 9.17) is 9.47 Å². The normalized spacial score (nSPS) is 16.8.